The molecule has 6 aromatic rings. The summed E-state index contributed by atoms with van der Waals surface area (Å²) in [5, 5.41) is 6.99. The van der Waals surface area contributed by atoms with E-state index in [0.717, 1.165) is 44.5 Å². The Morgan fingerprint density at radius 2 is 1.71 bits per heavy atom. The average Bonchev–Trinajstić information content (AvgIpc) is 3.37. The normalized spacial score (nSPS) is 14.4. The highest BCUT2D eigenvalue weighted by Gasteiger charge is 2.34. The van der Waals surface area contributed by atoms with Crippen LogP contribution in [0, 0.1) is 0 Å². The zero-order valence-electron chi connectivity index (χ0n) is 18.8. The molecule has 1 atom stereocenters. The summed E-state index contributed by atoms with van der Waals surface area (Å²) in [6, 6.07) is 24.4. The Morgan fingerprint density at radius 1 is 0.886 bits per heavy atom. The van der Waals surface area contributed by atoms with Crippen molar-refractivity contribution in [3.05, 3.63) is 108 Å². The molecule has 1 aliphatic rings. The van der Waals surface area contributed by atoms with Crippen LogP contribution in [-0.4, -0.2) is 31.7 Å². The third kappa shape index (κ3) is 3.05. The average molecular weight is 457 g/mol. The molecule has 7 nitrogen and oxygen atoms in total. The van der Waals surface area contributed by atoms with Crippen LogP contribution < -0.4 is 9.47 Å². The molecule has 0 N–H and O–H groups in total. The van der Waals surface area contributed by atoms with Crippen LogP contribution in [0.1, 0.15) is 22.6 Å². The summed E-state index contributed by atoms with van der Waals surface area (Å²) in [5.74, 6) is 2.59. The number of hydrogen-bond donors (Lipinski definition) is 0. The van der Waals surface area contributed by atoms with Crippen molar-refractivity contribution in [3.63, 3.8) is 0 Å². The Hall–Kier alpha value is -4.78. The first-order valence-electron chi connectivity index (χ1n) is 11.3. The van der Waals surface area contributed by atoms with Gasteiger partial charge in [-0.05, 0) is 46.7 Å². The van der Waals surface area contributed by atoms with Gasteiger partial charge in [0.2, 0.25) is 5.88 Å². The van der Waals surface area contributed by atoms with Gasteiger partial charge in [0.25, 0.3) is 0 Å². The fourth-order valence-electron chi connectivity index (χ4n) is 4.86. The summed E-state index contributed by atoms with van der Waals surface area (Å²) in [7, 11) is 1.67. The number of benzene rings is 3. The van der Waals surface area contributed by atoms with Crippen molar-refractivity contribution in [2.24, 2.45) is 0 Å². The lowest BCUT2D eigenvalue weighted by atomic mass is 9.81. The quantitative estimate of drug-likeness (QED) is 0.342. The molecule has 4 heterocycles. The van der Waals surface area contributed by atoms with Gasteiger partial charge in [-0.15, -0.1) is 5.10 Å². The van der Waals surface area contributed by atoms with Gasteiger partial charge in [-0.3, -0.25) is 4.98 Å². The first-order chi connectivity index (χ1) is 17.3. The topological polar surface area (TPSA) is 74.4 Å². The van der Waals surface area contributed by atoms with Crippen molar-refractivity contribution in [2.75, 3.05) is 7.11 Å². The maximum Gasteiger partial charge on any atom is 0.228 e. The van der Waals surface area contributed by atoms with Gasteiger partial charge >= 0.3 is 0 Å². The Labute approximate surface area is 200 Å². The van der Waals surface area contributed by atoms with E-state index in [4.69, 9.17) is 19.6 Å². The molecular weight excluding hydrogens is 438 g/mol. The predicted molar refractivity (Wildman–Crippen MR) is 132 cm³/mol. The molecule has 0 spiro atoms. The molecule has 0 saturated carbocycles. The van der Waals surface area contributed by atoms with Crippen LogP contribution in [0.15, 0.2) is 91.5 Å². The molecule has 0 radical (unpaired) electrons. The molecule has 35 heavy (non-hydrogen) atoms. The number of ether oxygens (including phenoxy) is 2. The van der Waals surface area contributed by atoms with Gasteiger partial charge in [-0.1, -0.05) is 42.5 Å². The number of fused-ring (bicyclic) bond motifs is 6. The maximum absolute atomic E-state index is 6.38. The van der Waals surface area contributed by atoms with E-state index in [1.54, 1.807) is 30.3 Å². The van der Waals surface area contributed by atoms with E-state index >= 15 is 0 Å². The largest absolute Gasteiger partial charge is 0.497 e. The second-order valence-corrected chi connectivity index (χ2v) is 8.41. The highest BCUT2D eigenvalue weighted by molar-refractivity contribution is 5.91. The van der Waals surface area contributed by atoms with E-state index < -0.39 is 0 Å². The Balaban J connectivity index is 1.53. The van der Waals surface area contributed by atoms with E-state index in [2.05, 4.69) is 46.4 Å². The molecule has 1 aliphatic heterocycles. The molecule has 1 unspecified atom stereocenters. The van der Waals surface area contributed by atoms with Crippen molar-refractivity contribution < 1.29 is 9.47 Å². The first kappa shape index (κ1) is 19.7. The van der Waals surface area contributed by atoms with Gasteiger partial charge in [-0.25, -0.2) is 14.5 Å². The molecule has 7 rings (SSSR count). The SMILES string of the molecule is COc1ccc(C2c3c(ccc4ccccc34)Oc3ncn4nc(-c5ccncc5)nc4c32)cc1. The van der Waals surface area contributed by atoms with Crippen LogP contribution in [0.25, 0.3) is 27.8 Å². The lowest BCUT2D eigenvalue weighted by Gasteiger charge is -2.29. The number of nitrogens with zero attached hydrogens (tertiary/aromatic N) is 5. The summed E-state index contributed by atoms with van der Waals surface area (Å²) in [5.41, 5.74) is 4.66. The number of aromatic nitrogens is 5. The summed E-state index contributed by atoms with van der Waals surface area (Å²) in [6.07, 6.45) is 5.13. The minimum atomic E-state index is -0.156. The van der Waals surface area contributed by atoms with Gasteiger partial charge in [0, 0.05) is 29.4 Å². The second-order valence-electron chi connectivity index (χ2n) is 8.41. The number of rotatable bonds is 3. The molecule has 0 amide bonds. The number of methoxy groups -OCH3 is 1. The van der Waals surface area contributed by atoms with Crippen molar-refractivity contribution in [1.82, 2.24) is 24.6 Å². The van der Waals surface area contributed by atoms with Crippen molar-refractivity contribution in [2.45, 2.75) is 5.92 Å². The van der Waals surface area contributed by atoms with Crippen molar-refractivity contribution >= 4 is 16.4 Å². The summed E-state index contributed by atoms with van der Waals surface area (Å²) < 4.78 is 13.5. The number of pyridine rings is 1. The molecule has 3 aromatic heterocycles. The molecule has 0 saturated heterocycles. The van der Waals surface area contributed by atoms with Crippen LogP contribution in [0.4, 0.5) is 0 Å². The first-order valence-corrected chi connectivity index (χ1v) is 11.3. The van der Waals surface area contributed by atoms with E-state index in [9.17, 15) is 0 Å². The fraction of sp³-hybridized carbons (Fsp3) is 0.0714. The molecule has 168 valence electrons. The Bertz CT molecular complexity index is 1710. The minimum absolute atomic E-state index is 0.156. The van der Waals surface area contributed by atoms with E-state index in [1.807, 2.05) is 36.4 Å². The summed E-state index contributed by atoms with van der Waals surface area (Å²) in [4.78, 5) is 13.7. The smallest absolute Gasteiger partial charge is 0.228 e. The molecule has 7 heteroatoms. The third-order valence-electron chi connectivity index (χ3n) is 6.49. The van der Waals surface area contributed by atoms with Gasteiger partial charge in [0.1, 0.15) is 17.8 Å². The van der Waals surface area contributed by atoms with Crippen LogP contribution in [0.5, 0.6) is 17.4 Å². The van der Waals surface area contributed by atoms with E-state index in [-0.39, 0.29) is 5.92 Å². The number of hydrogen-bond acceptors (Lipinski definition) is 6. The predicted octanol–water partition coefficient (Wildman–Crippen LogP) is 5.63. The van der Waals surface area contributed by atoms with Crippen molar-refractivity contribution in [1.29, 1.82) is 0 Å². The molecule has 0 bridgehead atoms. The highest BCUT2D eigenvalue weighted by Crippen LogP contribution is 2.50. The highest BCUT2D eigenvalue weighted by atomic mass is 16.5. The van der Waals surface area contributed by atoms with Gasteiger partial charge in [0.05, 0.1) is 12.7 Å². The molecule has 3 aromatic carbocycles. The third-order valence-corrected chi connectivity index (χ3v) is 6.49. The maximum atomic E-state index is 6.38. The van der Waals surface area contributed by atoms with E-state index in [0.29, 0.717) is 17.4 Å². The Kier molecular flexibility index (Phi) is 4.29. The Morgan fingerprint density at radius 3 is 2.54 bits per heavy atom. The second kappa shape index (κ2) is 7.63. The molecule has 0 fully saturated rings. The fourth-order valence-corrected chi connectivity index (χ4v) is 4.86. The monoisotopic (exact) mass is 457 g/mol. The summed E-state index contributed by atoms with van der Waals surface area (Å²) >= 11 is 0. The lowest BCUT2D eigenvalue weighted by Crippen LogP contribution is -2.15. The van der Waals surface area contributed by atoms with Crippen LogP contribution in [-0.2, 0) is 0 Å². The van der Waals surface area contributed by atoms with Gasteiger partial charge in [-0.2, -0.15) is 0 Å². The summed E-state index contributed by atoms with van der Waals surface area (Å²) in [6.45, 7) is 0. The molecule has 0 aliphatic carbocycles. The van der Waals surface area contributed by atoms with Gasteiger partial charge < -0.3 is 9.47 Å². The van der Waals surface area contributed by atoms with E-state index in [1.165, 1.54) is 0 Å². The van der Waals surface area contributed by atoms with Gasteiger partial charge in [0.15, 0.2) is 11.5 Å². The zero-order valence-corrected chi connectivity index (χ0v) is 18.8. The molecular formula is C28H19N5O2. The minimum Gasteiger partial charge on any atom is -0.497 e. The van der Waals surface area contributed by atoms with Crippen LogP contribution >= 0.6 is 0 Å². The zero-order chi connectivity index (χ0) is 23.4. The van der Waals surface area contributed by atoms with Crippen LogP contribution in [0.3, 0.4) is 0 Å². The lowest BCUT2D eigenvalue weighted by molar-refractivity contribution is 0.414. The standard InChI is InChI=1S/C28H19N5O2/c1-34-20-9-6-18(7-10-20)23-24-21-5-3-2-4-17(21)8-11-22(24)35-28-25(23)27-31-26(32-33(27)16-30-28)19-12-14-29-15-13-19/h2-16,23H,1H3. The van der Waals surface area contributed by atoms with Crippen molar-refractivity contribution in [3.8, 4) is 28.8 Å². The van der Waals surface area contributed by atoms with Crippen LogP contribution in [0.2, 0.25) is 0 Å².